The first-order valence-corrected chi connectivity index (χ1v) is 4.01. The van der Waals surface area contributed by atoms with E-state index in [9.17, 15) is 4.79 Å². The van der Waals surface area contributed by atoms with E-state index in [0.29, 0.717) is 11.3 Å². The van der Waals surface area contributed by atoms with Gasteiger partial charge < -0.3 is 0 Å². The molecule has 0 aliphatic rings. The van der Waals surface area contributed by atoms with Crippen LogP contribution >= 0.6 is 0 Å². The Morgan fingerprint density at radius 2 is 2.31 bits per heavy atom. The molecule has 66 valence electrons. The molecule has 2 heterocycles. The van der Waals surface area contributed by atoms with E-state index in [4.69, 9.17) is 0 Å². The third-order valence-corrected chi connectivity index (χ3v) is 1.91. The van der Waals surface area contributed by atoms with Gasteiger partial charge in [0, 0.05) is 24.9 Å². The zero-order valence-electron chi connectivity index (χ0n) is 7.48. The Kier molecular flexibility index (Phi) is 1.62. The topological polar surface area (TPSA) is 47.3 Å². The van der Waals surface area contributed by atoms with Crippen molar-refractivity contribution in [3.05, 3.63) is 29.7 Å². The lowest BCUT2D eigenvalue weighted by Gasteiger charge is -1.94. The van der Waals surface area contributed by atoms with Gasteiger partial charge in [-0.05, 0) is 13.0 Å². The first-order chi connectivity index (χ1) is 6.18. The van der Waals surface area contributed by atoms with Crippen LogP contribution in [0.3, 0.4) is 0 Å². The second-order valence-corrected chi connectivity index (χ2v) is 2.94. The predicted octanol–water partition coefficient (Wildman–Crippen LogP) is 1.24. The number of rotatable bonds is 1. The van der Waals surface area contributed by atoms with E-state index in [-0.39, 0.29) is 5.78 Å². The lowest BCUT2D eigenvalue weighted by molar-refractivity contribution is 0.101. The molecule has 0 N–H and O–H groups in total. The van der Waals surface area contributed by atoms with E-state index in [0.717, 1.165) is 5.69 Å². The molecule has 0 radical (unpaired) electrons. The molecule has 13 heavy (non-hydrogen) atoms. The van der Waals surface area contributed by atoms with Crippen LogP contribution < -0.4 is 0 Å². The second-order valence-electron chi connectivity index (χ2n) is 2.94. The first-order valence-electron chi connectivity index (χ1n) is 4.01. The minimum absolute atomic E-state index is 0.0371. The van der Waals surface area contributed by atoms with Crippen LogP contribution in [0, 0.1) is 6.92 Å². The molecule has 0 unspecified atom stereocenters. The highest BCUT2D eigenvalue weighted by Crippen LogP contribution is 2.06. The lowest BCUT2D eigenvalue weighted by Crippen LogP contribution is -1.97. The highest BCUT2D eigenvalue weighted by molar-refractivity contribution is 5.93. The summed E-state index contributed by atoms with van der Waals surface area (Å²) in [5.41, 5.74) is 2.14. The van der Waals surface area contributed by atoms with Crippen LogP contribution in [0.1, 0.15) is 23.1 Å². The molecule has 0 saturated heterocycles. The molecule has 0 spiro atoms. The molecule has 4 nitrogen and oxygen atoms in total. The Balaban J connectivity index is 2.75. The Hall–Kier alpha value is -1.71. The maximum Gasteiger partial charge on any atom is 0.180 e. The third-order valence-electron chi connectivity index (χ3n) is 1.91. The zero-order chi connectivity index (χ0) is 9.42. The van der Waals surface area contributed by atoms with E-state index in [1.807, 2.05) is 13.0 Å². The fourth-order valence-corrected chi connectivity index (χ4v) is 1.19. The average molecular weight is 175 g/mol. The summed E-state index contributed by atoms with van der Waals surface area (Å²) in [4.78, 5) is 15.1. The monoisotopic (exact) mass is 175 g/mol. The largest absolute Gasteiger partial charge is 0.293 e. The molecule has 0 atom stereocenters. The molecule has 0 amide bonds. The zero-order valence-corrected chi connectivity index (χ0v) is 7.48. The summed E-state index contributed by atoms with van der Waals surface area (Å²) < 4.78 is 1.66. The van der Waals surface area contributed by atoms with Crippen molar-refractivity contribution in [3.63, 3.8) is 0 Å². The third kappa shape index (κ3) is 1.20. The molecular formula is C9H9N3O. The van der Waals surface area contributed by atoms with Crippen molar-refractivity contribution in [2.45, 2.75) is 13.8 Å². The molecule has 0 aromatic carbocycles. The molecule has 4 heteroatoms. The van der Waals surface area contributed by atoms with Gasteiger partial charge >= 0.3 is 0 Å². The number of carbonyl (C=O) groups excluding carboxylic acids is 1. The van der Waals surface area contributed by atoms with Crippen molar-refractivity contribution in [2.75, 3.05) is 0 Å². The van der Waals surface area contributed by atoms with Crippen LogP contribution in [0.2, 0.25) is 0 Å². The molecule has 0 saturated carbocycles. The summed E-state index contributed by atoms with van der Waals surface area (Å²) in [6.45, 7) is 3.42. The van der Waals surface area contributed by atoms with Gasteiger partial charge in [0.1, 0.15) is 5.69 Å². The molecule has 2 aromatic rings. The number of ketones is 1. The lowest BCUT2D eigenvalue weighted by atomic mass is 10.3. The maximum absolute atomic E-state index is 11.0. The van der Waals surface area contributed by atoms with Gasteiger partial charge in [0.05, 0.1) is 0 Å². The van der Waals surface area contributed by atoms with Crippen molar-refractivity contribution in [1.29, 1.82) is 0 Å². The number of aromatic nitrogens is 3. The number of nitrogens with zero attached hydrogens (tertiary/aromatic N) is 3. The number of hydrogen-bond acceptors (Lipinski definition) is 3. The minimum Gasteiger partial charge on any atom is -0.293 e. The van der Waals surface area contributed by atoms with E-state index in [1.165, 1.54) is 6.92 Å². The second kappa shape index (κ2) is 2.65. The molecule has 0 aliphatic carbocycles. The standard InChI is InChI=1S/C9H9N3O/c1-6-3-4-10-9-5-8(7(2)13)11-12(6)9/h3-5H,1-2H3. The Bertz CT molecular complexity index is 473. The average Bonchev–Trinajstić information content (AvgIpc) is 2.49. The van der Waals surface area contributed by atoms with Crippen molar-refractivity contribution in [1.82, 2.24) is 14.6 Å². The number of Topliss-reactive ketones (excluding diaryl/α,β-unsaturated/α-hetero) is 1. The molecule has 0 aliphatic heterocycles. The quantitative estimate of drug-likeness (QED) is 0.612. The van der Waals surface area contributed by atoms with E-state index >= 15 is 0 Å². The molecule has 0 bridgehead atoms. The van der Waals surface area contributed by atoms with E-state index in [2.05, 4.69) is 10.1 Å². The smallest absolute Gasteiger partial charge is 0.180 e. The van der Waals surface area contributed by atoms with Crippen LogP contribution in [0.4, 0.5) is 0 Å². The van der Waals surface area contributed by atoms with E-state index < -0.39 is 0 Å². The van der Waals surface area contributed by atoms with Crippen molar-refractivity contribution >= 4 is 11.4 Å². The Labute approximate surface area is 75.2 Å². The fraction of sp³-hybridized carbons (Fsp3) is 0.222. The number of fused-ring (bicyclic) bond motifs is 1. The maximum atomic E-state index is 11.0. The summed E-state index contributed by atoms with van der Waals surface area (Å²) >= 11 is 0. The summed E-state index contributed by atoms with van der Waals surface area (Å²) in [6.07, 6.45) is 1.70. The highest BCUT2D eigenvalue weighted by atomic mass is 16.1. The first kappa shape index (κ1) is 7.91. The highest BCUT2D eigenvalue weighted by Gasteiger charge is 2.06. The van der Waals surface area contributed by atoms with Crippen LogP contribution in [0.5, 0.6) is 0 Å². The number of aryl methyl sites for hydroxylation is 1. The van der Waals surface area contributed by atoms with Gasteiger partial charge in [-0.3, -0.25) is 4.79 Å². The van der Waals surface area contributed by atoms with Gasteiger partial charge in [-0.25, -0.2) is 9.50 Å². The minimum atomic E-state index is -0.0371. The summed E-state index contributed by atoms with van der Waals surface area (Å²) in [5.74, 6) is -0.0371. The van der Waals surface area contributed by atoms with Gasteiger partial charge in [0.25, 0.3) is 0 Å². The van der Waals surface area contributed by atoms with Crippen LogP contribution in [-0.4, -0.2) is 20.4 Å². The van der Waals surface area contributed by atoms with Crippen LogP contribution in [-0.2, 0) is 0 Å². The van der Waals surface area contributed by atoms with Crippen molar-refractivity contribution in [2.24, 2.45) is 0 Å². The number of carbonyl (C=O) groups is 1. The Morgan fingerprint density at radius 1 is 1.54 bits per heavy atom. The van der Waals surface area contributed by atoms with Crippen LogP contribution in [0.25, 0.3) is 5.65 Å². The Morgan fingerprint density at radius 3 is 2.92 bits per heavy atom. The normalized spacial score (nSPS) is 10.6. The number of hydrogen-bond donors (Lipinski definition) is 0. The predicted molar refractivity (Wildman–Crippen MR) is 47.7 cm³/mol. The van der Waals surface area contributed by atoms with E-state index in [1.54, 1.807) is 16.8 Å². The summed E-state index contributed by atoms with van der Waals surface area (Å²) in [7, 11) is 0. The van der Waals surface area contributed by atoms with Gasteiger partial charge in [0.15, 0.2) is 11.4 Å². The summed E-state index contributed by atoms with van der Waals surface area (Å²) in [6, 6.07) is 3.54. The van der Waals surface area contributed by atoms with Gasteiger partial charge in [-0.15, -0.1) is 0 Å². The van der Waals surface area contributed by atoms with Crippen molar-refractivity contribution in [3.8, 4) is 0 Å². The fourth-order valence-electron chi connectivity index (χ4n) is 1.19. The van der Waals surface area contributed by atoms with Crippen LogP contribution in [0.15, 0.2) is 18.3 Å². The molecule has 2 rings (SSSR count). The molecular weight excluding hydrogens is 166 g/mol. The van der Waals surface area contributed by atoms with Crippen molar-refractivity contribution < 1.29 is 4.79 Å². The molecule has 0 fully saturated rings. The SMILES string of the molecule is CC(=O)c1cc2nccc(C)n2n1. The molecule has 2 aromatic heterocycles. The van der Waals surface area contributed by atoms with Gasteiger partial charge in [-0.1, -0.05) is 0 Å². The summed E-state index contributed by atoms with van der Waals surface area (Å²) in [5, 5.41) is 4.12. The van der Waals surface area contributed by atoms with Gasteiger partial charge in [-0.2, -0.15) is 5.10 Å². The van der Waals surface area contributed by atoms with Gasteiger partial charge in [0.2, 0.25) is 0 Å².